The van der Waals surface area contributed by atoms with Crippen molar-refractivity contribution in [2.24, 2.45) is 17.6 Å². The molecule has 0 radical (unpaired) electrons. The fourth-order valence-corrected chi connectivity index (χ4v) is 2.08. The summed E-state index contributed by atoms with van der Waals surface area (Å²) in [6, 6.07) is 0.176. The van der Waals surface area contributed by atoms with Crippen molar-refractivity contribution < 1.29 is 4.79 Å². The monoisotopic (exact) mass is 198 g/mol. The number of rotatable bonds is 2. The molecule has 1 saturated heterocycles. The highest BCUT2D eigenvalue weighted by Gasteiger charge is 2.25. The summed E-state index contributed by atoms with van der Waals surface area (Å²) in [4.78, 5) is 13.7. The first-order valence-electron chi connectivity index (χ1n) is 5.52. The Hall–Kier alpha value is -0.570. The van der Waals surface area contributed by atoms with Crippen LogP contribution in [0.3, 0.4) is 0 Å². The molecule has 0 aromatic heterocycles. The molecule has 2 atom stereocenters. The largest absolute Gasteiger partial charge is 0.341 e. The van der Waals surface area contributed by atoms with Gasteiger partial charge in [-0.1, -0.05) is 20.8 Å². The molecule has 3 nitrogen and oxygen atoms in total. The highest BCUT2D eigenvalue weighted by molar-refractivity contribution is 5.76. The average Bonchev–Trinajstić information content (AvgIpc) is 2.00. The lowest BCUT2D eigenvalue weighted by atomic mass is 9.96. The van der Waals surface area contributed by atoms with E-state index in [2.05, 4.69) is 20.8 Å². The number of hydrogen-bond acceptors (Lipinski definition) is 2. The number of piperidine rings is 1. The average molecular weight is 198 g/mol. The predicted octanol–water partition coefficient (Wildman–Crippen LogP) is 1.23. The van der Waals surface area contributed by atoms with Gasteiger partial charge in [0.15, 0.2) is 0 Å². The molecule has 0 aromatic carbocycles. The van der Waals surface area contributed by atoms with Gasteiger partial charge in [-0.05, 0) is 18.3 Å². The van der Waals surface area contributed by atoms with Crippen molar-refractivity contribution in [2.75, 3.05) is 13.1 Å². The molecule has 82 valence electrons. The maximum atomic E-state index is 11.8. The summed E-state index contributed by atoms with van der Waals surface area (Å²) in [7, 11) is 0. The second kappa shape index (κ2) is 4.78. The third kappa shape index (κ3) is 3.29. The van der Waals surface area contributed by atoms with Gasteiger partial charge < -0.3 is 10.6 Å². The van der Waals surface area contributed by atoms with Gasteiger partial charge >= 0.3 is 0 Å². The lowest BCUT2D eigenvalue weighted by molar-refractivity contribution is -0.134. The molecule has 1 heterocycles. The number of carbonyl (C=O) groups is 1. The van der Waals surface area contributed by atoms with Crippen LogP contribution in [0.25, 0.3) is 0 Å². The molecule has 2 unspecified atom stereocenters. The summed E-state index contributed by atoms with van der Waals surface area (Å²) in [5.41, 5.74) is 5.89. The number of nitrogens with zero attached hydrogens (tertiary/aromatic N) is 1. The van der Waals surface area contributed by atoms with E-state index in [0.717, 1.165) is 19.5 Å². The Balaban J connectivity index is 2.46. The van der Waals surface area contributed by atoms with E-state index in [1.165, 1.54) is 0 Å². The van der Waals surface area contributed by atoms with Crippen molar-refractivity contribution in [3.05, 3.63) is 0 Å². The van der Waals surface area contributed by atoms with Crippen molar-refractivity contribution >= 4 is 5.91 Å². The zero-order valence-electron chi connectivity index (χ0n) is 9.49. The molecule has 3 heteroatoms. The zero-order chi connectivity index (χ0) is 10.7. The first-order chi connectivity index (χ1) is 6.49. The van der Waals surface area contributed by atoms with Gasteiger partial charge in [0.05, 0.1) is 0 Å². The minimum Gasteiger partial charge on any atom is -0.341 e. The van der Waals surface area contributed by atoms with Gasteiger partial charge in [0, 0.05) is 25.6 Å². The Labute approximate surface area is 86.6 Å². The van der Waals surface area contributed by atoms with Crippen LogP contribution in [-0.2, 0) is 4.79 Å². The van der Waals surface area contributed by atoms with E-state index >= 15 is 0 Å². The smallest absolute Gasteiger partial charge is 0.222 e. The molecule has 0 saturated carbocycles. The number of nitrogens with two attached hydrogens (primary N) is 1. The summed E-state index contributed by atoms with van der Waals surface area (Å²) in [6.07, 6.45) is 1.70. The summed E-state index contributed by atoms with van der Waals surface area (Å²) in [6.45, 7) is 7.94. The lowest BCUT2D eigenvalue weighted by Crippen LogP contribution is -2.49. The van der Waals surface area contributed by atoms with Crippen LogP contribution in [0.15, 0.2) is 0 Å². The van der Waals surface area contributed by atoms with Crippen LogP contribution in [0.4, 0.5) is 0 Å². The van der Waals surface area contributed by atoms with Crippen LogP contribution in [0.5, 0.6) is 0 Å². The van der Waals surface area contributed by atoms with E-state index in [-0.39, 0.29) is 11.9 Å². The molecule has 1 amide bonds. The number of amides is 1. The Kier molecular flexibility index (Phi) is 3.93. The van der Waals surface area contributed by atoms with Crippen LogP contribution in [0, 0.1) is 11.8 Å². The van der Waals surface area contributed by atoms with Crippen LogP contribution >= 0.6 is 0 Å². The highest BCUT2D eigenvalue weighted by atomic mass is 16.2. The van der Waals surface area contributed by atoms with Gasteiger partial charge in [0.2, 0.25) is 5.91 Å². The van der Waals surface area contributed by atoms with E-state index < -0.39 is 0 Å². The van der Waals surface area contributed by atoms with E-state index in [1.54, 1.807) is 0 Å². The van der Waals surface area contributed by atoms with Gasteiger partial charge in [-0.15, -0.1) is 0 Å². The second-order valence-corrected chi connectivity index (χ2v) is 5.00. The van der Waals surface area contributed by atoms with E-state index in [1.807, 2.05) is 4.90 Å². The predicted molar refractivity (Wildman–Crippen MR) is 57.8 cm³/mol. The second-order valence-electron chi connectivity index (χ2n) is 5.00. The Morgan fingerprint density at radius 3 is 2.64 bits per heavy atom. The van der Waals surface area contributed by atoms with E-state index in [0.29, 0.717) is 18.3 Å². The molecule has 1 aliphatic rings. The van der Waals surface area contributed by atoms with Crippen molar-refractivity contribution in [2.45, 2.75) is 39.7 Å². The summed E-state index contributed by atoms with van der Waals surface area (Å²) in [5.74, 6) is 1.26. The maximum Gasteiger partial charge on any atom is 0.222 e. The Morgan fingerprint density at radius 2 is 2.14 bits per heavy atom. The Bertz CT molecular complexity index is 193. The lowest BCUT2D eigenvalue weighted by Gasteiger charge is -2.35. The normalized spacial score (nSPS) is 28.2. The SMILES string of the molecule is CC(C)CC(=O)N1CC(C)CC(N)C1. The van der Waals surface area contributed by atoms with Crippen LogP contribution in [0.1, 0.15) is 33.6 Å². The summed E-state index contributed by atoms with van der Waals surface area (Å²) >= 11 is 0. The number of hydrogen-bond donors (Lipinski definition) is 1. The molecule has 1 rings (SSSR count). The topological polar surface area (TPSA) is 46.3 Å². The molecule has 0 spiro atoms. The molecule has 1 aliphatic heterocycles. The Morgan fingerprint density at radius 1 is 1.50 bits per heavy atom. The van der Waals surface area contributed by atoms with E-state index in [4.69, 9.17) is 5.73 Å². The standard InChI is InChI=1S/C11H22N2O/c1-8(2)4-11(14)13-6-9(3)5-10(12)7-13/h8-10H,4-7,12H2,1-3H3. The zero-order valence-corrected chi connectivity index (χ0v) is 9.49. The molecule has 2 N–H and O–H groups in total. The van der Waals surface area contributed by atoms with Gasteiger partial charge in [0.1, 0.15) is 0 Å². The van der Waals surface area contributed by atoms with Gasteiger partial charge in [-0.25, -0.2) is 0 Å². The molecular formula is C11H22N2O. The number of likely N-dealkylation sites (tertiary alicyclic amines) is 1. The van der Waals surface area contributed by atoms with Crippen molar-refractivity contribution in [3.8, 4) is 0 Å². The van der Waals surface area contributed by atoms with Crippen LogP contribution < -0.4 is 5.73 Å². The molecule has 0 aromatic rings. The van der Waals surface area contributed by atoms with Gasteiger partial charge in [0.25, 0.3) is 0 Å². The molecule has 0 aliphatic carbocycles. The third-order valence-electron chi connectivity index (χ3n) is 2.63. The minimum atomic E-state index is 0.176. The quantitative estimate of drug-likeness (QED) is 0.725. The highest BCUT2D eigenvalue weighted by Crippen LogP contribution is 2.16. The van der Waals surface area contributed by atoms with Crippen molar-refractivity contribution in [1.82, 2.24) is 4.90 Å². The fourth-order valence-electron chi connectivity index (χ4n) is 2.08. The van der Waals surface area contributed by atoms with Crippen molar-refractivity contribution in [3.63, 3.8) is 0 Å². The van der Waals surface area contributed by atoms with Crippen molar-refractivity contribution in [1.29, 1.82) is 0 Å². The molecule has 1 fully saturated rings. The van der Waals surface area contributed by atoms with Crippen LogP contribution in [-0.4, -0.2) is 29.9 Å². The van der Waals surface area contributed by atoms with E-state index in [9.17, 15) is 4.79 Å². The maximum absolute atomic E-state index is 11.8. The molecule has 0 bridgehead atoms. The molecular weight excluding hydrogens is 176 g/mol. The fraction of sp³-hybridized carbons (Fsp3) is 0.909. The number of carbonyl (C=O) groups excluding carboxylic acids is 1. The summed E-state index contributed by atoms with van der Waals surface area (Å²) in [5, 5.41) is 0. The minimum absolute atomic E-state index is 0.176. The molecule has 14 heavy (non-hydrogen) atoms. The van der Waals surface area contributed by atoms with Gasteiger partial charge in [-0.3, -0.25) is 4.79 Å². The van der Waals surface area contributed by atoms with Gasteiger partial charge in [-0.2, -0.15) is 0 Å². The first-order valence-corrected chi connectivity index (χ1v) is 5.52. The third-order valence-corrected chi connectivity index (χ3v) is 2.63. The first kappa shape index (κ1) is 11.5. The van der Waals surface area contributed by atoms with Crippen LogP contribution in [0.2, 0.25) is 0 Å². The summed E-state index contributed by atoms with van der Waals surface area (Å²) < 4.78 is 0.